The van der Waals surface area contributed by atoms with Crippen molar-refractivity contribution in [3.8, 4) is 0 Å². The number of hydrogen-bond acceptors (Lipinski definition) is 4. The molecule has 0 fully saturated rings. The van der Waals surface area contributed by atoms with Crippen molar-refractivity contribution >= 4 is 12.0 Å². The van der Waals surface area contributed by atoms with Crippen molar-refractivity contribution in [1.82, 2.24) is 20.0 Å². The number of nitrogens with one attached hydrogen (secondary N) is 1. The van der Waals surface area contributed by atoms with E-state index in [0.717, 1.165) is 17.5 Å². The molecule has 7 nitrogen and oxygen atoms in total. The predicted octanol–water partition coefficient (Wildman–Crippen LogP) is 3.66. The molecular formula is C24H34N4O3. The highest BCUT2D eigenvalue weighted by atomic mass is 16.6. The number of rotatable bonds is 4. The third-order valence-corrected chi connectivity index (χ3v) is 5.15. The van der Waals surface area contributed by atoms with Gasteiger partial charge >= 0.3 is 6.09 Å². The molecule has 168 valence electrons. The first-order valence-corrected chi connectivity index (χ1v) is 10.8. The van der Waals surface area contributed by atoms with E-state index in [1.54, 1.807) is 20.8 Å². The van der Waals surface area contributed by atoms with Crippen molar-refractivity contribution in [3.05, 3.63) is 53.3 Å². The van der Waals surface area contributed by atoms with Crippen LogP contribution in [0.2, 0.25) is 0 Å². The minimum absolute atomic E-state index is 0.103. The molecule has 3 rings (SSSR count). The molecule has 1 atom stereocenters. The first-order valence-electron chi connectivity index (χ1n) is 10.8. The van der Waals surface area contributed by atoms with Gasteiger partial charge in [0.25, 0.3) is 0 Å². The van der Waals surface area contributed by atoms with Crippen LogP contribution >= 0.6 is 0 Å². The lowest BCUT2D eigenvalue weighted by Crippen LogP contribution is -2.51. The van der Waals surface area contributed by atoms with Gasteiger partial charge in [-0.2, -0.15) is 5.10 Å². The number of fused-ring (bicyclic) bond motifs is 1. The van der Waals surface area contributed by atoms with Crippen molar-refractivity contribution in [3.63, 3.8) is 0 Å². The second-order valence-corrected chi connectivity index (χ2v) is 10.1. The maximum absolute atomic E-state index is 13.4. The molecule has 1 N–H and O–H groups in total. The molecule has 0 bridgehead atoms. The van der Waals surface area contributed by atoms with Crippen LogP contribution in [0.25, 0.3) is 0 Å². The predicted molar refractivity (Wildman–Crippen MR) is 120 cm³/mol. The molecule has 1 aromatic carbocycles. The zero-order valence-electron chi connectivity index (χ0n) is 19.4. The first kappa shape index (κ1) is 22.8. The average Bonchev–Trinajstić information content (AvgIpc) is 3.10. The van der Waals surface area contributed by atoms with E-state index in [0.29, 0.717) is 19.5 Å². The Bertz CT molecular complexity index is 923. The molecule has 2 aromatic rings. The van der Waals surface area contributed by atoms with Gasteiger partial charge in [0, 0.05) is 37.2 Å². The van der Waals surface area contributed by atoms with Crippen molar-refractivity contribution < 1.29 is 14.3 Å². The monoisotopic (exact) mass is 426 g/mol. The van der Waals surface area contributed by atoms with Gasteiger partial charge < -0.3 is 15.0 Å². The molecule has 0 saturated heterocycles. The van der Waals surface area contributed by atoms with Gasteiger partial charge in [0.15, 0.2) is 0 Å². The minimum Gasteiger partial charge on any atom is -0.444 e. The van der Waals surface area contributed by atoms with Crippen LogP contribution in [0, 0.1) is 0 Å². The molecule has 0 aliphatic carbocycles. The highest BCUT2D eigenvalue weighted by molar-refractivity contribution is 5.86. The summed E-state index contributed by atoms with van der Waals surface area (Å²) >= 11 is 0. The molecule has 1 aromatic heterocycles. The van der Waals surface area contributed by atoms with Crippen LogP contribution in [-0.2, 0) is 34.5 Å². The molecular weight excluding hydrogens is 392 g/mol. The van der Waals surface area contributed by atoms with Crippen molar-refractivity contribution in [2.75, 3.05) is 6.54 Å². The van der Waals surface area contributed by atoms with Crippen LogP contribution in [0.4, 0.5) is 4.79 Å². The van der Waals surface area contributed by atoms with Gasteiger partial charge in [-0.15, -0.1) is 0 Å². The fraction of sp³-hybridized carbons (Fsp3) is 0.542. The van der Waals surface area contributed by atoms with Gasteiger partial charge in [0.1, 0.15) is 11.6 Å². The van der Waals surface area contributed by atoms with Crippen molar-refractivity contribution in [2.45, 2.75) is 78.1 Å². The topological polar surface area (TPSA) is 76.5 Å². The van der Waals surface area contributed by atoms with Crippen LogP contribution in [0.3, 0.4) is 0 Å². The van der Waals surface area contributed by atoms with Crippen molar-refractivity contribution in [2.24, 2.45) is 0 Å². The molecule has 2 heterocycles. The SMILES string of the molecule is CC(C)(C)OC(=O)NC(Cc1ccccc1)C(=O)N1CCc2c(cnn2C(C)(C)C)C1. The zero-order valence-corrected chi connectivity index (χ0v) is 19.4. The second kappa shape index (κ2) is 8.73. The van der Waals surface area contributed by atoms with E-state index >= 15 is 0 Å². The molecule has 0 saturated carbocycles. The lowest BCUT2D eigenvalue weighted by Gasteiger charge is -2.33. The van der Waals surface area contributed by atoms with E-state index < -0.39 is 17.7 Å². The molecule has 7 heteroatoms. The molecule has 1 aliphatic heterocycles. The average molecular weight is 427 g/mol. The fourth-order valence-electron chi connectivity index (χ4n) is 3.82. The standard InChI is InChI=1S/C24H34N4O3/c1-23(2,3)28-20-12-13-27(16-18(20)15-25-28)21(29)19(14-17-10-8-7-9-11-17)26-22(30)31-24(4,5)6/h7-11,15,19H,12-14,16H2,1-6H3,(H,26,30). The largest absolute Gasteiger partial charge is 0.444 e. The van der Waals surface area contributed by atoms with Crippen LogP contribution in [0.15, 0.2) is 36.5 Å². The molecule has 31 heavy (non-hydrogen) atoms. The summed E-state index contributed by atoms with van der Waals surface area (Å²) in [7, 11) is 0. The summed E-state index contributed by atoms with van der Waals surface area (Å²) in [4.78, 5) is 27.7. The summed E-state index contributed by atoms with van der Waals surface area (Å²) < 4.78 is 7.45. The summed E-state index contributed by atoms with van der Waals surface area (Å²) in [6.07, 6.45) is 2.42. The summed E-state index contributed by atoms with van der Waals surface area (Å²) in [6, 6.07) is 9.01. The number of benzene rings is 1. The second-order valence-electron chi connectivity index (χ2n) is 10.1. The molecule has 0 radical (unpaired) electrons. The third-order valence-electron chi connectivity index (χ3n) is 5.15. The van der Waals surface area contributed by atoms with Gasteiger partial charge in [-0.05, 0) is 47.1 Å². The van der Waals surface area contributed by atoms with Gasteiger partial charge in [-0.1, -0.05) is 30.3 Å². The molecule has 2 amide bonds. The number of carbonyl (C=O) groups is 2. The summed E-state index contributed by atoms with van der Waals surface area (Å²) in [6.45, 7) is 12.9. The summed E-state index contributed by atoms with van der Waals surface area (Å²) in [5.41, 5.74) is 2.48. The minimum atomic E-state index is -0.698. The normalized spacial score (nSPS) is 15.2. The Labute approximate surface area is 184 Å². The van der Waals surface area contributed by atoms with E-state index in [1.165, 1.54) is 5.69 Å². The number of amides is 2. The van der Waals surface area contributed by atoms with Crippen LogP contribution in [-0.4, -0.2) is 44.9 Å². The van der Waals surface area contributed by atoms with E-state index in [-0.39, 0.29) is 11.4 Å². The quantitative estimate of drug-likeness (QED) is 0.810. The Kier molecular flexibility index (Phi) is 6.43. The maximum Gasteiger partial charge on any atom is 0.408 e. The molecule has 1 unspecified atom stereocenters. The van der Waals surface area contributed by atoms with Gasteiger partial charge in [0.2, 0.25) is 5.91 Å². The van der Waals surface area contributed by atoms with Gasteiger partial charge in [-0.3, -0.25) is 9.48 Å². The van der Waals surface area contributed by atoms with Crippen LogP contribution in [0.5, 0.6) is 0 Å². The number of nitrogens with zero attached hydrogens (tertiary/aromatic N) is 3. The maximum atomic E-state index is 13.4. The summed E-state index contributed by atoms with van der Waals surface area (Å²) in [5.74, 6) is -0.108. The van der Waals surface area contributed by atoms with Crippen molar-refractivity contribution in [1.29, 1.82) is 0 Å². The van der Waals surface area contributed by atoms with E-state index in [1.807, 2.05) is 46.1 Å². The number of carbonyl (C=O) groups excluding carboxylic acids is 2. The smallest absolute Gasteiger partial charge is 0.408 e. The number of hydrogen-bond donors (Lipinski definition) is 1. The Balaban J connectivity index is 1.77. The fourth-order valence-corrected chi connectivity index (χ4v) is 3.82. The van der Waals surface area contributed by atoms with E-state index in [2.05, 4.69) is 31.2 Å². The Morgan fingerprint density at radius 2 is 1.81 bits per heavy atom. The van der Waals surface area contributed by atoms with Crippen LogP contribution < -0.4 is 5.32 Å². The number of ether oxygens (including phenoxy) is 1. The van der Waals surface area contributed by atoms with Gasteiger partial charge in [0.05, 0.1) is 11.7 Å². The number of alkyl carbamates (subject to hydrolysis) is 1. The van der Waals surface area contributed by atoms with Gasteiger partial charge in [-0.25, -0.2) is 4.79 Å². The lowest BCUT2D eigenvalue weighted by molar-refractivity contribution is -0.134. The first-order chi connectivity index (χ1) is 14.4. The Morgan fingerprint density at radius 3 is 2.42 bits per heavy atom. The Morgan fingerprint density at radius 1 is 1.13 bits per heavy atom. The number of aromatic nitrogens is 2. The Hall–Kier alpha value is -2.83. The van der Waals surface area contributed by atoms with E-state index in [9.17, 15) is 9.59 Å². The van der Waals surface area contributed by atoms with E-state index in [4.69, 9.17) is 4.74 Å². The highest BCUT2D eigenvalue weighted by Crippen LogP contribution is 2.25. The third kappa shape index (κ3) is 5.87. The highest BCUT2D eigenvalue weighted by Gasteiger charge is 2.32. The zero-order chi connectivity index (χ0) is 22.8. The van der Waals surface area contributed by atoms with Crippen LogP contribution in [0.1, 0.15) is 58.4 Å². The summed E-state index contributed by atoms with van der Waals surface area (Å²) in [5, 5.41) is 7.35. The lowest BCUT2D eigenvalue weighted by atomic mass is 10.0. The molecule has 1 aliphatic rings. The molecule has 0 spiro atoms.